The number of hydrogen-bond donors (Lipinski definition) is 0. The maximum atomic E-state index is 12.8. The van der Waals surface area contributed by atoms with Crippen LogP contribution in [0.3, 0.4) is 0 Å². The highest BCUT2D eigenvalue weighted by Gasteiger charge is 2.28. The van der Waals surface area contributed by atoms with E-state index in [1.807, 2.05) is 25.3 Å². The first-order chi connectivity index (χ1) is 17.8. The van der Waals surface area contributed by atoms with Gasteiger partial charge in [-0.2, -0.15) is 0 Å². The summed E-state index contributed by atoms with van der Waals surface area (Å²) in [5.74, 6) is 1.96. The van der Waals surface area contributed by atoms with Gasteiger partial charge in [0.25, 0.3) is 0 Å². The maximum absolute atomic E-state index is 12.8. The number of fused-ring (bicyclic) bond motifs is 3. The molecule has 7 nitrogen and oxygen atoms in total. The van der Waals surface area contributed by atoms with Crippen molar-refractivity contribution in [3.05, 3.63) is 75.6 Å². The second-order valence-electron chi connectivity index (χ2n) is 9.72. The maximum Gasteiger partial charge on any atom is 0.200 e. The molecule has 1 aliphatic heterocycles. The Kier molecular flexibility index (Phi) is 8.34. The number of ketones is 1. The zero-order valence-corrected chi connectivity index (χ0v) is 22.2. The minimum atomic E-state index is -0.155. The van der Waals surface area contributed by atoms with E-state index in [-0.39, 0.29) is 23.9 Å². The Morgan fingerprint density at radius 3 is 2.43 bits per heavy atom. The van der Waals surface area contributed by atoms with Gasteiger partial charge in [-0.3, -0.25) is 9.59 Å². The fraction of sp³-hybridized carbons (Fsp3) is 0.400. The number of pyridine rings is 1. The Morgan fingerprint density at radius 1 is 1.03 bits per heavy atom. The van der Waals surface area contributed by atoms with Gasteiger partial charge in [-0.15, -0.1) is 0 Å². The zero-order chi connectivity index (χ0) is 26.5. The van der Waals surface area contributed by atoms with Crippen molar-refractivity contribution < 1.29 is 23.7 Å². The predicted octanol–water partition coefficient (Wildman–Crippen LogP) is 5.26. The first kappa shape index (κ1) is 26.5. The second kappa shape index (κ2) is 11.6. The molecule has 1 aromatic heterocycles. The van der Waals surface area contributed by atoms with E-state index in [4.69, 9.17) is 18.9 Å². The molecule has 0 spiro atoms. The largest absolute Gasteiger partial charge is 0.497 e. The van der Waals surface area contributed by atoms with Crippen molar-refractivity contribution in [2.45, 2.75) is 39.7 Å². The van der Waals surface area contributed by atoms with Crippen LogP contribution in [-0.4, -0.2) is 44.4 Å². The number of ether oxygens (including phenoxy) is 4. The van der Waals surface area contributed by atoms with Gasteiger partial charge in [-0.05, 0) is 61.2 Å². The highest BCUT2D eigenvalue weighted by Crippen LogP contribution is 2.42. The fourth-order valence-electron chi connectivity index (χ4n) is 4.65. The molecule has 0 radical (unpaired) electrons. The van der Waals surface area contributed by atoms with Crippen molar-refractivity contribution in [2.24, 2.45) is 5.92 Å². The number of rotatable bonds is 11. The van der Waals surface area contributed by atoms with Crippen molar-refractivity contribution in [3.8, 4) is 28.5 Å². The Hall–Kier alpha value is -3.58. The summed E-state index contributed by atoms with van der Waals surface area (Å²) in [7, 11) is 3.24. The van der Waals surface area contributed by atoms with Crippen LogP contribution in [0.5, 0.6) is 17.2 Å². The third kappa shape index (κ3) is 5.88. The van der Waals surface area contributed by atoms with E-state index in [2.05, 4.69) is 18.4 Å². The topological polar surface area (TPSA) is 76.0 Å². The van der Waals surface area contributed by atoms with Gasteiger partial charge in [0.2, 0.25) is 0 Å². The lowest BCUT2D eigenvalue weighted by Crippen LogP contribution is -2.26. The molecule has 1 aliphatic rings. The lowest BCUT2D eigenvalue weighted by molar-refractivity contribution is 0.0918. The van der Waals surface area contributed by atoms with Crippen LogP contribution in [0.2, 0.25) is 0 Å². The molecule has 0 amide bonds. The lowest BCUT2D eigenvalue weighted by Gasteiger charge is -2.34. The molecule has 2 aromatic carbocycles. The van der Waals surface area contributed by atoms with Gasteiger partial charge in [0.15, 0.2) is 29.3 Å². The third-order valence-corrected chi connectivity index (χ3v) is 6.79. The van der Waals surface area contributed by atoms with Crippen LogP contribution in [0, 0.1) is 12.8 Å². The van der Waals surface area contributed by atoms with E-state index in [0.717, 1.165) is 35.2 Å². The van der Waals surface area contributed by atoms with Crippen molar-refractivity contribution in [2.75, 3.05) is 34.0 Å². The molecule has 3 aromatic rings. The number of nitrogens with zero attached hydrogens (tertiary/aromatic N) is 1. The van der Waals surface area contributed by atoms with Crippen LogP contribution >= 0.6 is 0 Å². The van der Waals surface area contributed by atoms with E-state index in [0.29, 0.717) is 41.9 Å². The van der Waals surface area contributed by atoms with E-state index in [1.165, 1.54) is 0 Å². The van der Waals surface area contributed by atoms with Gasteiger partial charge in [0.1, 0.15) is 5.75 Å². The molecule has 0 aliphatic carbocycles. The molecular formula is C30H35NO6. The standard InChI is InChI=1S/C30H35NO6/c1-19(2)25-13-22-14-29(36-12-6-11-34-4)30(15-24(22)26-16-27(32)20(3)17-31(25)26)37-18-28(33)21-7-9-23(35-5)10-8-21/h7-10,14-17,19,25H,6,11-13,18H2,1-5H3. The number of hydrogen-bond acceptors (Lipinski definition) is 6. The minimum Gasteiger partial charge on any atom is -0.497 e. The Balaban J connectivity index is 1.69. The molecular weight excluding hydrogens is 470 g/mol. The van der Waals surface area contributed by atoms with Crippen LogP contribution in [0.15, 0.2) is 53.5 Å². The van der Waals surface area contributed by atoms with Gasteiger partial charge in [0.05, 0.1) is 19.4 Å². The number of Topliss-reactive ketones (excluding diaryl/α,β-unsaturated/α-hetero) is 1. The summed E-state index contributed by atoms with van der Waals surface area (Å²) in [5, 5.41) is 0. The summed E-state index contributed by atoms with van der Waals surface area (Å²) >= 11 is 0. The van der Waals surface area contributed by atoms with Gasteiger partial charge >= 0.3 is 0 Å². The molecule has 0 N–H and O–H groups in total. The van der Waals surface area contributed by atoms with Crippen molar-refractivity contribution in [1.29, 1.82) is 0 Å². The smallest absolute Gasteiger partial charge is 0.200 e. The summed E-state index contributed by atoms with van der Waals surface area (Å²) in [6.45, 7) is 7.13. The fourth-order valence-corrected chi connectivity index (χ4v) is 4.65. The number of aromatic nitrogens is 1. The highest BCUT2D eigenvalue weighted by atomic mass is 16.5. The molecule has 196 valence electrons. The van der Waals surface area contributed by atoms with E-state index < -0.39 is 0 Å². The molecule has 4 rings (SSSR count). The highest BCUT2D eigenvalue weighted by molar-refractivity contribution is 5.97. The molecule has 1 unspecified atom stereocenters. The summed E-state index contributed by atoms with van der Waals surface area (Å²) in [5.41, 5.74) is 4.13. The minimum absolute atomic E-state index is 0.00125. The van der Waals surface area contributed by atoms with Crippen molar-refractivity contribution >= 4 is 5.78 Å². The molecule has 0 saturated carbocycles. The molecule has 7 heteroatoms. The molecule has 0 saturated heterocycles. The molecule has 0 fully saturated rings. The van der Waals surface area contributed by atoms with Gasteiger partial charge < -0.3 is 23.5 Å². The quantitative estimate of drug-likeness (QED) is 0.261. The Bertz CT molecular complexity index is 1310. The van der Waals surface area contributed by atoms with Crippen LogP contribution < -0.4 is 19.6 Å². The third-order valence-electron chi connectivity index (χ3n) is 6.79. The van der Waals surface area contributed by atoms with E-state index in [1.54, 1.807) is 44.6 Å². The predicted molar refractivity (Wildman–Crippen MR) is 143 cm³/mol. The van der Waals surface area contributed by atoms with Crippen LogP contribution in [-0.2, 0) is 11.2 Å². The monoisotopic (exact) mass is 505 g/mol. The SMILES string of the molecule is COCCCOc1cc2c(cc1OCC(=O)c1ccc(OC)cc1)-c1cc(=O)c(C)cn1C(C(C)C)C2. The summed E-state index contributed by atoms with van der Waals surface area (Å²) < 4.78 is 24.7. The van der Waals surface area contributed by atoms with Gasteiger partial charge in [-0.25, -0.2) is 0 Å². The number of carbonyl (C=O) groups is 1. The molecule has 2 heterocycles. The number of aryl methyl sites for hydroxylation is 1. The van der Waals surface area contributed by atoms with E-state index in [9.17, 15) is 9.59 Å². The normalized spacial score (nSPS) is 14.2. The average molecular weight is 506 g/mol. The van der Waals surface area contributed by atoms with Crippen LogP contribution in [0.4, 0.5) is 0 Å². The van der Waals surface area contributed by atoms with Gasteiger partial charge in [-0.1, -0.05) is 13.8 Å². The van der Waals surface area contributed by atoms with Crippen LogP contribution in [0.1, 0.15) is 47.8 Å². The number of methoxy groups -OCH3 is 2. The number of benzene rings is 2. The van der Waals surface area contributed by atoms with E-state index >= 15 is 0 Å². The molecule has 1 atom stereocenters. The van der Waals surface area contributed by atoms with Crippen LogP contribution in [0.25, 0.3) is 11.3 Å². The first-order valence-electron chi connectivity index (χ1n) is 12.6. The zero-order valence-electron chi connectivity index (χ0n) is 22.2. The Morgan fingerprint density at radius 2 is 1.76 bits per heavy atom. The van der Waals surface area contributed by atoms with Gasteiger partial charge in [0, 0.05) is 55.1 Å². The molecule has 37 heavy (non-hydrogen) atoms. The second-order valence-corrected chi connectivity index (χ2v) is 9.72. The van der Waals surface area contributed by atoms with Crippen molar-refractivity contribution in [1.82, 2.24) is 4.57 Å². The summed E-state index contributed by atoms with van der Waals surface area (Å²) in [6, 6.07) is 12.8. The number of carbonyl (C=O) groups excluding carboxylic acids is 1. The average Bonchev–Trinajstić information content (AvgIpc) is 2.90. The summed E-state index contributed by atoms with van der Waals surface area (Å²) in [6.07, 6.45) is 3.49. The lowest BCUT2D eigenvalue weighted by atomic mass is 9.87. The van der Waals surface area contributed by atoms with Crippen molar-refractivity contribution in [3.63, 3.8) is 0 Å². The summed E-state index contributed by atoms with van der Waals surface area (Å²) in [4.78, 5) is 25.5. The Labute approximate surface area is 217 Å². The first-order valence-corrected chi connectivity index (χ1v) is 12.6. The molecule has 0 bridgehead atoms.